The zero-order valence-corrected chi connectivity index (χ0v) is 29.1. The summed E-state index contributed by atoms with van der Waals surface area (Å²) in [7, 11) is 4.10. The van der Waals surface area contributed by atoms with Crippen molar-refractivity contribution in [3.63, 3.8) is 0 Å². The first-order valence-corrected chi connectivity index (χ1v) is 17.7. The molecule has 47 heavy (non-hydrogen) atoms. The van der Waals surface area contributed by atoms with Crippen LogP contribution < -0.4 is 14.8 Å². The van der Waals surface area contributed by atoms with Gasteiger partial charge in [0.15, 0.2) is 0 Å². The summed E-state index contributed by atoms with van der Waals surface area (Å²) >= 11 is 6.27. The second-order valence-corrected chi connectivity index (χ2v) is 15.1. The number of nitrogens with one attached hydrogen (secondary N) is 1. The molecule has 1 heterocycles. The summed E-state index contributed by atoms with van der Waals surface area (Å²) < 4.78 is 12.8. The highest BCUT2D eigenvalue weighted by Gasteiger charge is 2.54. The topological polar surface area (TPSA) is 83.9 Å². The van der Waals surface area contributed by atoms with Crippen molar-refractivity contribution in [3.8, 4) is 11.5 Å². The molecule has 0 radical (unpaired) electrons. The quantitative estimate of drug-likeness (QED) is 0.203. The number of benzene rings is 2. The van der Waals surface area contributed by atoms with Crippen molar-refractivity contribution in [1.82, 2.24) is 9.88 Å². The van der Waals surface area contributed by atoms with E-state index in [9.17, 15) is 9.90 Å². The van der Waals surface area contributed by atoms with Crippen molar-refractivity contribution in [1.29, 1.82) is 0 Å². The minimum Gasteiger partial charge on any atom is -0.493 e. The van der Waals surface area contributed by atoms with E-state index in [4.69, 9.17) is 21.1 Å². The van der Waals surface area contributed by atoms with E-state index in [0.717, 1.165) is 55.8 Å². The monoisotopic (exact) mass is 659 g/mol. The predicted octanol–water partition coefficient (Wildman–Crippen LogP) is 8.14. The Labute approximate surface area is 285 Å². The highest BCUT2D eigenvalue weighted by atomic mass is 35.5. The molecule has 1 saturated carbocycles. The Bertz CT molecular complexity index is 1570. The van der Waals surface area contributed by atoms with Gasteiger partial charge in [-0.3, -0.25) is 4.98 Å². The Morgan fingerprint density at radius 1 is 1.13 bits per heavy atom. The number of hydrogen-bond acceptors (Lipinski definition) is 6. The van der Waals surface area contributed by atoms with Crippen LogP contribution in [0, 0.1) is 11.8 Å². The van der Waals surface area contributed by atoms with Gasteiger partial charge < -0.3 is 24.8 Å². The minimum absolute atomic E-state index is 0.121. The van der Waals surface area contributed by atoms with E-state index < -0.39 is 11.5 Å². The number of fused-ring (bicyclic) bond motifs is 3. The van der Waals surface area contributed by atoms with Gasteiger partial charge in [-0.25, -0.2) is 4.79 Å². The van der Waals surface area contributed by atoms with E-state index in [1.54, 1.807) is 0 Å². The Morgan fingerprint density at radius 3 is 2.68 bits per heavy atom. The summed E-state index contributed by atoms with van der Waals surface area (Å²) in [6.07, 6.45) is 9.92. The summed E-state index contributed by atoms with van der Waals surface area (Å²) in [6.45, 7) is 6.71. The molecule has 6 rings (SSSR count). The van der Waals surface area contributed by atoms with Crippen LogP contribution >= 0.6 is 11.6 Å². The second-order valence-electron chi connectivity index (χ2n) is 14.7. The van der Waals surface area contributed by atoms with Crippen molar-refractivity contribution in [2.45, 2.75) is 88.5 Å². The first kappa shape index (κ1) is 33.6. The number of aliphatic carboxylic acids is 1. The Morgan fingerprint density at radius 2 is 1.94 bits per heavy atom. The Balaban J connectivity index is 1.23. The van der Waals surface area contributed by atoms with E-state index >= 15 is 0 Å². The molecule has 3 aliphatic rings. The molecule has 1 fully saturated rings. The minimum atomic E-state index is -1.05. The average Bonchev–Trinajstić information content (AvgIpc) is 3.32. The smallest absolute Gasteiger partial charge is 0.329 e. The zero-order valence-electron chi connectivity index (χ0n) is 28.4. The van der Waals surface area contributed by atoms with Gasteiger partial charge in [0.1, 0.15) is 23.6 Å². The van der Waals surface area contributed by atoms with Gasteiger partial charge in [-0.05, 0) is 143 Å². The molecule has 3 aliphatic carbocycles. The van der Waals surface area contributed by atoms with Crippen molar-refractivity contribution in [2.75, 3.05) is 39.2 Å². The normalized spacial score (nSPS) is 25.7. The molecule has 252 valence electrons. The van der Waals surface area contributed by atoms with Crippen LogP contribution in [-0.2, 0) is 23.1 Å². The summed E-state index contributed by atoms with van der Waals surface area (Å²) in [4.78, 5) is 19.7. The SMILES string of the molecule is C[C@@H](COc1ccnc2c1[C@@H](C)CCC2)C[C@H]1Cc2ccc(OCCN(C)C)cc2C12CCC(Nc1cccc(Cl)c1)(C(=O)O)CC2. The number of aromatic nitrogens is 1. The number of nitrogens with zero attached hydrogens (tertiary/aromatic N) is 2. The van der Waals surface area contributed by atoms with Gasteiger partial charge in [-0.1, -0.05) is 37.6 Å². The number of rotatable bonds is 12. The number of pyridine rings is 1. The molecule has 0 unspecified atom stereocenters. The molecule has 3 aromatic rings. The van der Waals surface area contributed by atoms with E-state index in [1.165, 1.54) is 35.2 Å². The summed E-state index contributed by atoms with van der Waals surface area (Å²) in [6, 6.07) is 16.0. The molecule has 2 N–H and O–H groups in total. The average molecular weight is 660 g/mol. The third-order valence-corrected chi connectivity index (χ3v) is 11.3. The number of likely N-dealkylation sites (N-methyl/N-ethyl adjacent to an activating group) is 1. The first-order valence-electron chi connectivity index (χ1n) is 17.4. The number of ether oxygens (including phenoxy) is 2. The second kappa shape index (κ2) is 14.1. The molecule has 0 bridgehead atoms. The van der Waals surface area contributed by atoms with Gasteiger partial charge in [0, 0.05) is 34.7 Å². The number of halogens is 1. The van der Waals surface area contributed by atoms with Gasteiger partial charge in [0.2, 0.25) is 0 Å². The summed E-state index contributed by atoms with van der Waals surface area (Å²) in [5.41, 5.74) is 4.77. The van der Waals surface area contributed by atoms with Crippen molar-refractivity contribution < 1.29 is 19.4 Å². The Kier molecular flexibility index (Phi) is 10.0. The molecule has 2 aromatic carbocycles. The van der Waals surface area contributed by atoms with E-state index in [1.807, 2.05) is 36.5 Å². The molecule has 7 nitrogen and oxygen atoms in total. The van der Waals surface area contributed by atoms with Crippen LogP contribution in [0.25, 0.3) is 0 Å². The lowest BCUT2D eigenvalue weighted by Gasteiger charge is -2.47. The number of aryl methyl sites for hydroxylation is 1. The summed E-state index contributed by atoms with van der Waals surface area (Å²) in [5, 5.41) is 14.6. The Hall–Kier alpha value is -3.29. The van der Waals surface area contributed by atoms with Crippen LogP contribution in [0.1, 0.15) is 87.1 Å². The predicted molar refractivity (Wildman–Crippen MR) is 188 cm³/mol. The number of hydrogen-bond donors (Lipinski definition) is 2. The fourth-order valence-corrected chi connectivity index (χ4v) is 8.70. The maximum atomic E-state index is 12.9. The maximum absolute atomic E-state index is 12.9. The number of carboxylic acids is 1. The number of anilines is 1. The molecular formula is C39H50ClN3O4. The fourth-order valence-electron chi connectivity index (χ4n) is 8.51. The molecule has 0 saturated heterocycles. The first-order chi connectivity index (χ1) is 22.6. The maximum Gasteiger partial charge on any atom is 0.329 e. The lowest BCUT2D eigenvalue weighted by Crippen LogP contribution is -2.53. The van der Waals surface area contributed by atoms with Gasteiger partial charge in [-0.2, -0.15) is 0 Å². The van der Waals surface area contributed by atoms with Crippen molar-refractivity contribution in [2.24, 2.45) is 11.8 Å². The van der Waals surface area contributed by atoms with Crippen LogP contribution in [-0.4, -0.2) is 60.4 Å². The van der Waals surface area contributed by atoms with E-state index in [0.29, 0.717) is 48.8 Å². The van der Waals surface area contributed by atoms with Crippen LogP contribution in [0.15, 0.2) is 54.7 Å². The van der Waals surface area contributed by atoms with Gasteiger partial charge >= 0.3 is 5.97 Å². The van der Waals surface area contributed by atoms with Crippen LogP contribution in [0.2, 0.25) is 5.02 Å². The van der Waals surface area contributed by atoms with E-state index in [-0.39, 0.29) is 5.41 Å². The number of carbonyl (C=O) groups is 1. The standard InChI is InChI=1S/C39H50ClN3O4/c1-26(25-47-35-13-18-41-34-10-5-7-27(2)36(34)35)21-29-22-28-11-12-32(46-20-19-43(3)4)24-33(28)38(29)14-16-39(17-15-38,37(44)45)42-31-9-6-8-30(40)23-31/h6,8-9,11-13,18,23-24,26-27,29,42H,5,7,10,14-17,19-22,25H2,1-4H3,(H,44,45)/t26-,27+,29+,38?,39?/m1/s1. The zero-order chi connectivity index (χ0) is 33.2. The molecule has 1 aromatic heterocycles. The molecule has 0 amide bonds. The molecule has 3 atom stereocenters. The van der Waals surface area contributed by atoms with Gasteiger partial charge in [-0.15, -0.1) is 0 Å². The highest BCUT2D eigenvalue weighted by molar-refractivity contribution is 6.30. The lowest BCUT2D eigenvalue weighted by molar-refractivity contribution is -0.144. The lowest BCUT2D eigenvalue weighted by atomic mass is 9.59. The third kappa shape index (κ3) is 7.12. The molecule has 0 aliphatic heterocycles. The number of carboxylic acid groups (broad SMARTS) is 1. The van der Waals surface area contributed by atoms with E-state index in [2.05, 4.69) is 61.3 Å². The van der Waals surface area contributed by atoms with Crippen molar-refractivity contribution >= 4 is 23.3 Å². The van der Waals surface area contributed by atoms with Crippen LogP contribution in [0.3, 0.4) is 0 Å². The highest BCUT2D eigenvalue weighted by Crippen LogP contribution is 2.56. The third-order valence-electron chi connectivity index (χ3n) is 11.1. The molecule has 1 spiro atoms. The fraction of sp³-hybridized carbons (Fsp3) is 0.538. The van der Waals surface area contributed by atoms with Crippen molar-refractivity contribution in [3.05, 3.63) is 82.1 Å². The van der Waals surface area contributed by atoms with Gasteiger partial charge in [0.05, 0.1) is 6.61 Å². The summed E-state index contributed by atoms with van der Waals surface area (Å²) in [5.74, 6) is 2.27. The molecule has 8 heteroatoms. The van der Waals surface area contributed by atoms with Crippen LogP contribution in [0.5, 0.6) is 11.5 Å². The molecular weight excluding hydrogens is 610 g/mol. The van der Waals surface area contributed by atoms with Gasteiger partial charge in [0.25, 0.3) is 0 Å². The van der Waals surface area contributed by atoms with Crippen LogP contribution in [0.4, 0.5) is 5.69 Å². The largest absolute Gasteiger partial charge is 0.493 e.